The van der Waals surface area contributed by atoms with E-state index in [9.17, 15) is 0 Å². The highest BCUT2D eigenvalue weighted by Gasteiger charge is 2.07. The molecule has 112 valence electrons. The molecule has 0 spiro atoms. The van der Waals surface area contributed by atoms with Crippen molar-refractivity contribution in [2.24, 2.45) is 0 Å². The Labute approximate surface area is 125 Å². The summed E-state index contributed by atoms with van der Waals surface area (Å²) in [5.41, 5.74) is 3.00. The highest BCUT2D eigenvalue weighted by atomic mass is 16.5. The molecule has 1 aromatic heterocycles. The van der Waals surface area contributed by atoms with Gasteiger partial charge in [0.15, 0.2) is 11.6 Å². The van der Waals surface area contributed by atoms with Crippen molar-refractivity contribution in [1.82, 2.24) is 15.2 Å². The Bertz CT molecular complexity index is 569. The summed E-state index contributed by atoms with van der Waals surface area (Å²) in [6, 6.07) is 8.13. The summed E-state index contributed by atoms with van der Waals surface area (Å²) in [5, 5.41) is 11.7. The van der Waals surface area contributed by atoms with E-state index in [2.05, 4.69) is 27.4 Å². The van der Waals surface area contributed by atoms with Gasteiger partial charge < -0.3 is 10.1 Å². The molecule has 2 aromatic rings. The van der Waals surface area contributed by atoms with E-state index in [4.69, 9.17) is 4.74 Å². The molecule has 0 aliphatic heterocycles. The van der Waals surface area contributed by atoms with E-state index >= 15 is 0 Å². The molecule has 0 unspecified atom stereocenters. The van der Waals surface area contributed by atoms with Gasteiger partial charge in [-0.25, -0.2) is 4.98 Å². The van der Waals surface area contributed by atoms with Crippen LogP contribution < -0.4 is 5.32 Å². The van der Waals surface area contributed by atoms with Gasteiger partial charge in [0.1, 0.15) is 5.69 Å². The van der Waals surface area contributed by atoms with Crippen molar-refractivity contribution in [3.63, 3.8) is 0 Å². The molecule has 5 nitrogen and oxygen atoms in total. The SMILES string of the molecule is CCOCCCNc1nc(-c2ccc(C)cc2)nnc1C. The number of nitrogens with one attached hydrogen (secondary N) is 1. The zero-order valence-corrected chi connectivity index (χ0v) is 12.9. The first kappa shape index (κ1) is 15.4. The van der Waals surface area contributed by atoms with Crippen molar-refractivity contribution in [2.45, 2.75) is 27.2 Å². The van der Waals surface area contributed by atoms with Crippen molar-refractivity contribution >= 4 is 5.82 Å². The molecule has 0 aliphatic rings. The largest absolute Gasteiger partial charge is 0.382 e. The number of hydrogen-bond acceptors (Lipinski definition) is 5. The Morgan fingerprint density at radius 2 is 1.86 bits per heavy atom. The van der Waals surface area contributed by atoms with Gasteiger partial charge in [-0.15, -0.1) is 10.2 Å². The van der Waals surface area contributed by atoms with Gasteiger partial charge in [0.05, 0.1) is 0 Å². The van der Waals surface area contributed by atoms with E-state index in [1.165, 1.54) is 5.56 Å². The number of anilines is 1. The fraction of sp³-hybridized carbons (Fsp3) is 0.438. The van der Waals surface area contributed by atoms with Crippen LogP contribution in [-0.4, -0.2) is 34.9 Å². The van der Waals surface area contributed by atoms with Crippen molar-refractivity contribution in [1.29, 1.82) is 0 Å². The summed E-state index contributed by atoms with van der Waals surface area (Å²) in [6.07, 6.45) is 0.942. The molecule has 2 rings (SSSR count). The van der Waals surface area contributed by atoms with Crippen LogP contribution in [0, 0.1) is 13.8 Å². The number of ether oxygens (including phenoxy) is 1. The van der Waals surface area contributed by atoms with E-state index < -0.39 is 0 Å². The molecule has 0 radical (unpaired) electrons. The van der Waals surface area contributed by atoms with Gasteiger partial charge in [-0.2, -0.15) is 0 Å². The Balaban J connectivity index is 2.04. The fourth-order valence-corrected chi connectivity index (χ4v) is 1.90. The molecule has 1 heterocycles. The van der Waals surface area contributed by atoms with Crippen LogP contribution in [0.25, 0.3) is 11.4 Å². The summed E-state index contributed by atoms with van der Waals surface area (Å²) in [5.74, 6) is 1.44. The first-order valence-electron chi connectivity index (χ1n) is 7.30. The van der Waals surface area contributed by atoms with Crippen LogP contribution in [0.4, 0.5) is 5.82 Å². The minimum Gasteiger partial charge on any atom is -0.382 e. The maximum atomic E-state index is 5.32. The van der Waals surface area contributed by atoms with E-state index in [-0.39, 0.29) is 0 Å². The zero-order valence-electron chi connectivity index (χ0n) is 12.9. The van der Waals surface area contributed by atoms with Crippen molar-refractivity contribution < 1.29 is 4.74 Å². The zero-order chi connectivity index (χ0) is 15.1. The number of benzene rings is 1. The quantitative estimate of drug-likeness (QED) is 0.793. The number of aryl methyl sites for hydroxylation is 2. The predicted octanol–water partition coefficient (Wildman–Crippen LogP) is 2.99. The Hall–Kier alpha value is -2.01. The minimum absolute atomic E-state index is 0.646. The molecule has 0 aliphatic carbocycles. The minimum atomic E-state index is 0.646. The van der Waals surface area contributed by atoms with Gasteiger partial charge in [-0.05, 0) is 27.2 Å². The smallest absolute Gasteiger partial charge is 0.183 e. The van der Waals surface area contributed by atoms with Crippen LogP contribution in [0.2, 0.25) is 0 Å². The van der Waals surface area contributed by atoms with Crippen LogP contribution in [0.3, 0.4) is 0 Å². The maximum Gasteiger partial charge on any atom is 0.183 e. The van der Waals surface area contributed by atoms with Gasteiger partial charge in [0, 0.05) is 25.3 Å². The second kappa shape index (κ2) is 7.69. The lowest BCUT2D eigenvalue weighted by Gasteiger charge is -2.09. The third-order valence-corrected chi connectivity index (χ3v) is 3.13. The van der Waals surface area contributed by atoms with Crippen molar-refractivity contribution in [3.05, 3.63) is 35.5 Å². The Morgan fingerprint density at radius 3 is 2.57 bits per heavy atom. The molecule has 0 fully saturated rings. The molecule has 0 bridgehead atoms. The molecule has 0 amide bonds. The fourth-order valence-electron chi connectivity index (χ4n) is 1.90. The molecule has 21 heavy (non-hydrogen) atoms. The number of nitrogens with zero attached hydrogens (tertiary/aromatic N) is 3. The molecule has 0 saturated carbocycles. The molecular formula is C16H22N4O. The highest BCUT2D eigenvalue weighted by Crippen LogP contribution is 2.17. The van der Waals surface area contributed by atoms with Crippen LogP contribution in [0.15, 0.2) is 24.3 Å². The average Bonchev–Trinajstić information content (AvgIpc) is 2.50. The van der Waals surface area contributed by atoms with E-state index in [1.54, 1.807) is 0 Å². The standard InChI is InChI=1S/C16H22N4O/c1-4-21-11-5-10-17-15-13(3)19-20-16(18-15)14-8-6-12(2)7-9-14/h6-9H,4-5,10-11H2,1-3H3,(H,17,18,20). The van der Waals surface area contributed by atoms with E-state index in [1.807, 2.05) is 38.1 Å². The molecule has 1 aromatic carbocycles. The van der Waals surface area contributed by atoms with Gasteiger partial charge in [0.2, 0.25) is 0 Å². The second-order valence-electron chi connectivity index (χ2n) is 4.91. The van der Waals surface area contributed by atoms with Crippen LogP contribution >= 0.6 is 0 Å². The Kier molecular flexibility index (Phi) is 5.63. The average molecular weight is 286 g/mol. The topological polar surface area (TPSA) is 59.9 Å². The van der Waals surface area contributed by atoms with E-state index in [0.717, 1.165) is 43.3 Å². The normalized spacial score (nSPS) is 10.6. The van der Waals surface area contributed by atoms with Crippen molar-refractivity contribution in [2.75, 3.05) is 25.1 Å². The van der Waals surface area contributed by atoms with Crippen LogP contribution in [0.1, 0.15) is 24.6 Å². The van der Waals surface area contributed by atoms with Crippen LogP contribution in [0.5, 0.6) is 0 Å². The monoisotopic (exact) mass is 286 g/mol. The highest BCUT2D eigenvalue weighted by molar-refractivity contribution is 5.57. The molecule has 1 N–H and O–H groups in total. The van der Waals surface area contributed by atoms with Gasteiger partial charge in [-0.3, -0.25) is 0 Å². The molecule has 5 heteroatoms. The molecular weight excluding hydrogens is 264 g/mol. The number of rotatable bonds is 7. The summed E-state index contributed by atoms with van der Waals surface area (Å²) in [4.78, 5) is 4.56. The second-order valence-corrected chi connectivity index (χ2v) is 4.91. The lowest BCUT2D eigenvalue weighted by atomic mass is 10.1. The van der Waals surface area contributed by atoms with Gasteiger partial charge >= 0.3 is 0 Å². The lowest BCUT2D eigenvalue weighted by Crippen LogP contribution is -2.10. The third-order valence-electron chi connectivity index (χ3n) is 3.13. The van der Waals surface area contributed by atoms with Gasteiger partial charge in [0.25, 0.3) is 0 Å². The first-order chi connectivity index (χ1) is 10.2. The molecule has 0 atom stereocenters. The summed E-state index contributed by atoms with van der Waals surface area (Å²) in [7, 11) is 0. The number of aromatic nitrogens is 3. The number of hydrogen-bond donors (Lipinski definition) is 1. The van der Waals surface area contributed by atoms with E-state index in [0.29, 0.717) is 5.82 Å². The third kappa shape index (κ3) is 4.49. The Morgan fingerprint density at radius 1 is 1.10 bits per heavy atom. The summed E-state index contributed by atoms with van der Waals surface area (Å²) >= 11 is 0. The summed E-state index contributed by atoms with van der Waals surface area (Å²) < 4.78 is 5.32. The molecule has 0 saturated heterocycles. The van der Waals surface area contributed by atoms with Gasteiger partial charge in [-0.1, -0.05) is 29.8 Å². The van der Waals surface area contributed by atoms with Crippen molar-refractivity contribution in [3.8, 4) is 11.4 Å². The lowest BCUT2D eigenvalue weighted by molar-refractivity contribution is 0.147. The predicted molar refractivity (Wildman–Crippen MR) is 84.3 cm³/mol. The first-order valence-corrected chi connectivity index (χ1v) is 7.30. The summed E-state index contributed by atoms with van der Waals surface area (Å²) in [6.45, 7) is 8.29. The maximum absolute atomic E-state index is 5.32. The van der Waals surface area contributed by atoms with Crippen LogP contribution in [-0.2, 0) is 4.74 Å².